The maximum absolute atomic E-state index is 13.4. The second-order valence-electron chi connectivity index (χ2n) is 11.7. The van der Waals surface area contributed by atoms with E-state index in [1.165, 1.54) is 54.2 Å². The van der Waals surface area contributed by atoms with Gasteiger partial charge in [-0.2, -0.15) is 4.73 Å². The van der Waals surface area contributed by atoms with E-state index in [1.807, 2.05) is 0 Å². The van der Waals surface area contributed by atoms with Crippen molar-refractivity contribution in [2.45, 2.75) is 37.8 Å². The minimum atomic E-state index is -1.79. The fourth-order valence-electron chi connectivity index (χ4n) is 4.89. The van der Waals surface area contributed by atoms with Crippen molar-refractivity contribution in [3.8, 4) is 5.75 Å². The van der Waals surface area contributed by atoms with Gasteiger partial charge in [0.1, 0.15) is 29.8 Å². The number of carbonyl (C=O) groups is 5. The number of carboxylic acids is 2. The molecule has 272 valence electrons. The predicted octanol–water partition coefficient (Wildman–Crippen LogP) is 0.0164. The van der Waals surface area contributed by atoms with E-state index in [2.05, 4.69) is 20.4 Å². The van der Waals surface area contributed by atoms with Gasteiger partial charge in [0.25, 0.3) is 18.1 Å². The molecular weight excluding hydrogens is 727 g/mol. The monoisotopic (exact) mass is 756 g/mol. The van der Waals surface area contributed by atoms with Gasteiger partial charge in [0.2, 0.25) is 16.9 Å². The number of fused-ring (bicyclic) bond motifs is 1. The Morgan fingerprint density at radius 1 is 1.23 bits per heavy atom. The minimum Gasteiger partial charge on any atom is -0.503 e. The quantitative estimate of drug-likeness (QED) is 0.0397. The molecule has 9 N–H and O–H groups in total. The van der Waals surface area contributed by atoms with Gasteiger partial charge < -0.3 is 42.1 Å². The number of rotatable bonds is 13. The molecule has 22 heteroatoms. The zero-order valence-corrected chi connectivity index (χ0v) is 28.8. The van der Waals surface area contributed by atoms with E-state index in [0.29, 0.717) is 11.8 Å². The predicted molar refractivity (Wildman–Crippen MR) is 182 cm³/mol. The first kappa shape index (κ1) is 37.0. The number of β-lactam (4-membered cyclic amide) rings is 1. The number of Topliss-reactive ketones (excluding diaryl/α,β-unsaturated/α-hetero) is 1. The van der Waals surface area contributed by atoms with E-state index >= 15 is 0 Å². The number of carboxylic acid groups (broad SMARTS) is 2. The maximum Gasteiger partial charge on any atom is 0.352 e. The van der Waals surface area contributed by atoms with Crippen molar-refractivity contribution in [1.29, 1.82) is 0 Å². The van der Waals surface area contributed by atoms with Crippen LogP contribution in [0.3, 0.4) is 0 Å². The lowest BCUT2D eigenvalue weighted by Gasteiger charge is -2.49. The highest BCUT2D eigenvalue weighted by atomic mass is 32.2. The van der Waals surface area contributed by atoms with Gasteiger partial charge in [0.05, 0.1) is 17.5 Å². The van der Waals surface area contributed by atoms with Gasteiger partial charge in [-0.05, 0) is 30.5 Å². The number of nitrogens with one attached hydrogen (secondary N) is 1. The van der Waals surface area contributed by atoms with Crippen LogP contribution in [0, 0.1) is 5.92 Å². The average Bonchev–Trinajstić information content (AvgIpc) is 3.51. The summed E-state index contributed by atoms with van der Waals surface area (Å²) in [6.07, 6.45) is 6.10. The molecule has 1 fully saturated rings. The van der Waals surface area contributed by atoms with Crippen LogP contribution in [0.15, 0.2) is 63.5 Å². The minimum absolute atomic E-state index is 0.0123. The number of nitrogens with two attached hydrogens (primary N) is 2. The second kappa shape index (κ2) is 14.5. The first-order valence-corrected chi connectivity index (χ1v) is 16.8. The van der Waals surface area contributed by atoms with Gasteiger partial charge in [-0.1, -0.05) is 11.2 Å². The first-order valence-electron chi connectivity index (χ1n) is 14.9. The number of anilines is 3. The molecule has 2 atom stereocenters. The number of aromatic nitrogens is 4. The molecule has 0 aromatic carbocycles. The van der Waals surface area contributed by atoms with Crippen molar-refractivity contribution in [1.82, 2.24) is 19.6 Å². The smallest absolute Gasteiger partial charge is 0.352 e. The summed E-state index contributed by atoms with van der Waals surface area (Å²) in [7, 11) is 0. The second-order valence-corrected chi connectivity index (χ2v) is 13.7. The van der Waals surface area contributed by atoms with Crippen LogP contribution in [0.2, 0.25) is 0 Å². The number of pyridine rings is 1. The van der Waals surface area contributed by atoms with Crippen LogP contribution in [-0.4, -0.2) is 92.1 Å². The van der Waals surface area contributed by atoms with Gasteiger partial charge in [-0.25, -0.2) is 19.1 Å². The van der Waals surface area contributed by atoms with E-state index in [4.69, 9.17) is 16.3 Å². The van der Waals surface area contributed by atoms with Crippen molar-refractivity contribution in [3.63, 3.8) is 0 Å². The Labute approximate surface area is 300 Å². The molecule has 0 bridgehead atoms. The molecule has 0 spiro atoms. The molecule has 0 aliphatic carbocycles. The lowest BCUT2D eigenvalue weighted by molar-refractivity contribution is -0.689. The van der Waals surface area contributed by atoms with Crippen LogP contribution < -0.4 is 26.8 Å². The summed E-state index contributed by atoms with van der Waals surface area (Å²) in [5.41, 5.74) is 8.17. The summed E-state index contributed by atoms with van der Waals surface area (Å²) in [5.74, 6) is -6.56. The van der Waals surface area contributed by atoms with Gasteiger partial charge in [0.15, 0.2) is 28.1 Å². The van der Waals surface area contributed by atoms with Crippen molar-refractivity contribution >= 4 is 75.0 Å². The Balaban J connectivity index is 1.29. The van der Waals surface area contributed by atoms with Gasteiger partial charge >= 0.3 is 11.9 Å². The third kappa shape index (κ3) is 7.56. The zero-order chi connectivity index (χ0) is 38.1. The third-order valence-electron chi connectivity index (χ3n) is 7.67. The van der Waals surface area contributed by atoms with E-state index in [0.717, 1.165) is 22.3 Å². The van der Waals surface area contributed by atoms with Crippen LogP contribution in [0.25, 0.3) is 0 Å². The maximum atomic E-state index is 13.4. The summed E-state index contributed by atoms with van der Waals surface area (Å²) in [6.45, 7) is 2.56. The number of nitrogen functional groups attached to an aromatic ring is 2. The molecule has 3 aromatic heterocycles. The molecule has 1 saturated heterocycles. The van der Waals surface area contributed by atoms with Gasteiger partial charge in [0, 0.05) is 23.6 Å². The number of allylic oxidation sites excluding steroid dienone is 2. The lowest BCUT2D eigenvalue weighted by Crippen LogP contribution is -2.62. The van der Waals surface area contributed by atoms with Crippen LogP contribution in [0.1, 0.15) is 36.5 Å². The van der Waals surface area contributed by atoms with E-state index in [-0.39, 0.29) is 57.2 Å². The molecule has 3 aromatic rings. The molecule has 0 saturated carbocycles. The van der Waals surface area contributed by atoms with E-state index < -0.39 is 63.3 Å². The molecule has 2 amide bonds. The van der Waals surface area contributed by atoms with Crippen LogP contribution in [0.4, 0.5) is 16.6 Å². The highest BCUT2D eigenvalue weighted by molar-refractivity contribution is 8.00. The van der Waals surface area contributed by atoms with Gasteiger partial charge in [-0.15, -0.1) is 23.1 Å². The number of hydrogen-bond donors (Lipinski definition) is 7. The van der Waals surface area contributed by atoms with Crippen LogP contribution in [0.5, 0.6) is 5.75 Å². The highest BCUT2D eigenvalue weighted by Gasteiger charge is 2.54. The summed E-state index contributed by atoms with van der Waals surface area (Å²) in [4.78, 5) is 89.3. The lowest BCUT2D eigenvalue weighted by atomic mass is 9.89. The number of hydrogen-bond acceptors (Lipinski definition) is 16. The molecular formula is C30H30N9O11S2+. The number of thiazole rings is 1. The number of ketones is 1. The molecule has 20 nitrogen and oxygen atoms in total. The van der Waals surface area contributed by atoms with Crippen LogP contribution >= 0.6 is 23.1 Å². The number of aliphatic carboxylic acids is 2. The number of aromatic hydroxyl groups is 1. The Hall–Kier alpha value is -6.29. The highest BCUT2D eigenvalue weighted by Crippen LogP contribution is 2.45. The molecule has 2 aliphatic heterocycles. The van der Waals surface area contributed by atoms with Crippen molar-refractivity contribution < 1.29 is 53.9 Å². The number of thioether (sulfide) groups is 1. The fourth-order valence-corrected chi connectivity index (χ4v) is 6.83. The topological polar surface area (TPSA) is 307 Å². The summed E-state index contributed by atoms with van der Waals surface area (Å²) < 4.78 is 1.75. The standard InChI is InChI=1S/C30H29N9O11S2/c1-30(2,28(47)48)50-36-21(16-11-52-29(32)35-16)19(41)6-14-25(44)39-22(27(45)46)13(10-51-26(14)39)4-3-5-37-8-15(23(31)33-12-37)34-24(43)17-7-18(40)20(42)9-38(17)49/h3-4,7-9,11-12,14,26,31,49H,5-6,10H2,1-2H3,(H6,32,34,35,42,43,45,46,47,48)/p+1/b4-3+,36-21-/t14-,26?/m1/s1. The number of oxime groups is 1. The van der Waals surface area contributed by atoms with E-state index in [9.17, 15) is 49.3 Å². The molecule has 2 aliphatic rings. The SMILES string of the molecule is CC(C)(O/N=C(\C(=O)C[C@@H]1C(=O)N2C(C(=O)O)=C(/C=C/C[n+]3cnc(N)c(NC(=O)c4cc(=O)c(O)cn4O)c3)CSC12)c1csc(N)n1)C(=O)O. The largest absolute Gasteiger partial charge is 0.503 e. The Kier molecular flexibility index (Phi) is 10.3. The Bertz CT molecular complexity index is 2160. The Morgan fingerprint density at radius 3 is 2.62 bits per heavy atom. The average molecular weight is 757 g/mol. The third-order valence-corrected chi connectivity index (χ3v) is 9.70. The molecule has 52 heavy (non-hydrogen) atoms. The Morgan fingerprint density at radius 2 is 1.96 bits per heavy atom. The van der Waals surface area contributed by atoms with Crippen LogP contribution in [-0.2, 0) is 30.6 Å². The molecule has 5 rings (SSSR count). The fraction of sp³-hybridized carbons (Fsp3) is 0.267. The number of carbonyl (C=O) groups excluding carboxylic acids is 3. The number of amides is 2. The summed E-state index contributed by atoms with van der Waals surface area (Å²) in [6, 6.07) is 0.725. The first-order chi connectivity index (χ1) is 24.5. The van der Waals surface area contributed by atoms with Crippen molar-refractivity contribution in [2.24, 2.45) is 11.1 Å². The van der Waals surface area contributed by atoms with Gasteiger partial charge in [-0.3, -0.25) is 24.1 Å². The summed E-state index contributed by atoms with van der Waals surface area (Å²) >= 11 is 2.25. The molecule has 1 unspecified atom stereocenters. The number of nitrogens with zero attached hydrogens (tertiary/aromatic N) is 6. The van der Waals surface area contributed by atoms with E-state index in [1.54, 1.807) is 6.08 Å². The van der Waals surface area contributed by atoms with Crippen molar-refractivity contribution in [3.05, 3.63) is 75.2 Å². The molecule has 5 heterocycles. The summed E-state index contributed by atoms with van der Waals surface area (Å²) in [5, 5.41) is 45.8. The molecule has 0 radical (unpaired) electrons. The zero-order valence-electron chi connectivity index (χ0n) is 27.1. The van der Waals surface area contributed by atoms with Crippen molar-refractivity contribution in [2.75, 3.05) is 22.5 Å². The normalized spacial score (nSPS) is 17.5.